The third kappa shape index (κ3) is 2.94. The van der Waals surface area contributed by atoms with Crippen LogP contribution in [0.3, 0.4) is 0 Å². The van der Waals surface area contributed by atoms with Crippen molar-refractivity contribution in [3.05, 3.63) is 48.7 Å². The molecule has 0 amide bonds. The molecule has 1 aliphatic heterocycles. The molecule has 1 saturated heterocycles. The molecule has 0 aliphatic carbocycles. The smallest absolute Gasteiger partial charge is 0.306 e. The van der Waals surface area contributed by atoms with E-state index in [1.54, 1.807) is 6.20 Å². The molecule has 3 aromatic rings. The molecule has 0 spiro atoms. The number of rotatable bonds is 3. The van der Waals surface area contributed by atoms with Gasteiger partial charge < -0.3 is 15.7 Å². The first-order valence-electron chi connectivity index (χ1n) is 8.72. The van der Waals surface area contributed by atoms with Gasteiger partial charge in [0.2, 0.25) is 0 Å². The Morgan fingerprint density at radius 1 is 1.12 bits per heavy atom. The van der Waals surface area contributed by atoms with E-state index in [1.807, 2.05) is 29.2 Å². The first-order chi connectivity index (χ1) is 12.6. The number of aromatic nitrogens is 2. The van der Waals surface area contributed by atoms with Crippen LogP contribution in [0.2, 0.25) is 0 Å². The molecule has 132 valence electrons. The summed E-state index contributed by atoms with van der Waals surface area (Å²) in [5.74, 6) is -0.00284. The van der Waals surface area contributed by atoms with Crippen LogP contribution in [0.5, 0.6) is 0 Å². The molecule has 6 nitrogen and oxygen atoms in total. The van der Waals surface area contributed by atoms with E-state index < -0.39 is 5.97 Å². The summed E-state index contributed by atoms with van der Waals surface area (Å²) in [5, 5.41) is 11.4. The zero-order chi connectivity index (χ0) is 18.1. The summed E-state index contributed by atoms with van der Waals surface area (Å²) in [7, 11) is 0. The van der Waals surface area contributed by atoms with E-state index in [0.29, 0.717) is 37.6 Å². The van der Waals surface area contributed by atoms with Gasteiger partial charge in [-0.25, -0.2) is 9.97 Å². The lowest BCUT2D eigenvalue weighted by atomic mass is 9.97. The zero-order valence-corrected chi connectivity index (χ0v) is 14.3. The number of nitrogens with two attached hydrogens (primary N) is 1. The second-order valence-electron chi connectivity index (χ2n) is 6.59. The number of nitrogen functional groups attached to an aromatic ring is 1. The largest absolute Gasteiger partial charge is 0.481 e. The summed E-state index contributed by atoms with van der Waals surface area (Å²) >= 11 is 0. The lowest BCUT2D eigenvalue weighted by Crippen LogP contribution is -2.37. The third-order valence-electron chi connectivity index (χ3n) is 4.99. The first-order valence-corrected chi connectivity index (χ1v) is 8.72. The van der Waals surface area contributed by atoms with Crippen LogP contribution in [0, 0.1) is 5.92 Å². The van der Waals surface area contributed by atoms with Gasteiger partial charge in [-0.05, 0) is 23.6 Å². The van der Waals surface area contributed by atoms with Crippen molar-refractivity contribution < 1.29 is 9.90 Å². The van der Waals surface area contributed by atoms with Gasteiger partial charge >= 0.3 is 5.97 Å². The van der Waals surface area contributed by atoms with E-state index in [2.05, 4.69) is 23.2 Å². The van der Waals surface area contributed by atoms with E-state index in [1.165, 1.54) is 0 Å². The van der Waals surface area contributed by atoms with Crippen molar-refractivity contribution in [2.45, 2.75) is 12.8 Å². The molecule has 0 bridgehead atoms. The van der Waals surface area contributed by atoms with Gasteiger partial charge in [0.25, 0.3) is 0 Å². The summed E-state index contributed by atoms with van der Waals surface area (Å²) in [6.07, 6.45) is 2.88. The fourth-order valence-electron chi connectivity index (χ4n) is 3.54. The second-order valence-corrected chi connectivity index (χ2v) is 6.59. The molecule has 0 radical (unpaired) electrons. The number of anilines is 2. The third-order valence-corrected chi connectivity index (χ3v) is 4.99. The van der Waals surface area contributed by atoms with E-state index in [0.717, 1.165) is 22.0 Å². The standard InChI is InChI=1S/C20H20N4O2/c21-18-19(24-10-8-14(9-11-24)20(25)26)23-17(12-22-18)16-7-3-5-13-4-1-2-6-15(13)16/h1-7,12,14H,8-11H2,(H2,21,22)(H,25,26). The van der Waals surface area contributed by atoms with Crippen LogP contribution < -0.4 is 10.6 Å². The molecular weight excluding hydrogens is 328 g/mol. The van der Waals surface area contributed by atoms with Crippen LogP contribution in [0.15, 0.2) is 48.7 Å². The van der Waals surface area contributed by atoms with Crippen molar-refractivity contribution in [3.63, 3.8) is 0 Å². The van der Waals surface area contributed by atoms with Crippen molar-refractivity contribution in [2.24, 2.45) is 5.92 Å². The molecule has 1 fully saturated rings. The molecule has 0 saturated carbocycles. The van der Waals surface area contributed by atoms with E-state index >= 15 is 0 Å². The molecule has 0 unspecified atom stereocenters. The van der Waals surface area contributed by atoms with E-state index in [9.17, 15) is 9.90 Å². The van der Waals surface area contributed by atoms with E-state index in [-0.39, 0.29) is 5.92 Å². The Morgan fingerprint density at radius 2 is 1.85 bits per heavy atom. The molecule has 4 rings (SSSR count). The maximum atomic E-state index is 11.2. The van der Waals surface area contributed by atoms with Gasteiger partial charge in [-0.15, -0.1) is 0 Å². The van der Waals surface area contributed by atoms with Gasteiger partial charge in [0, 0.05) is 18.7 Å². The summed E-state index contributed by atoms with van der Waals surface area (Å²) in [6.45, 7) is 1.24. The van der Waals surface area contributed by atoms with Crippen LogP contribution >= 0.6 is 0 Å². The number of hydrogen-bond donors (Lipinski definition) is 2. The Labute approximate surface area is 151 Å². The average molecular weight is 348 g/mol. The number of aliphatic carboxylic acids is 1. The normalized spacial score (nSPS) is 15.3. The van der Waals surface area contributed by atoms with Crippen LogP contribution in [0.4, 0.5) is 11.6 Å². The topological polar surface area (TPSA) is 92.3 Å². The van der Waals surface area contributed by atoms with Crippen molar-refractivity contribution >= 4 is 28.4 Å². The first kappa shape index (κ1) is 16.3. The summed E-state index contributed by atoms with van der Waals surface area (Å²) in [4.78, 5) is 22.3. The molecule has 2 aromatic carbocycles. The molecule has 26 heavy (non-hydrogen) atoms. The quantitative estimate of drug-likeness (QED) is 0.755. The molecule has 1 aliphatic rings. The fourth-order valence-corrected chi connectivity index (χ4v) is 3.54. The Hall–Kier alpha value is -3.15. The number of piperidine rings is 1. The maximum Gasteiger partial charge on any atom is 0.306 e. The van der Waals surface area contributed by atoms with Crippen molar-refractivity contribution in [3.8, 4) is 11.3 Å². The minimum absolute atomic E-state index is 0.290. The Morgan fingerprint density at radius 3 is 2.62 bits per heavy atom. The zero-order valence-electron chi connectivity index (χ0n) is 14.3. The summed E-state index contributed by atoms with van der Waals surface area (Å²) in [6, 6.07) is 14.3. The van der Waals surface area contributed by atoms with Gasteiger partial charge in [0.1, 0.15) is 0 Å². The van der Waals surface area contributed by atoms with Crippen molar-refractivity contribution in [1.82, 2.24) is 9.97 Å². The number of nitrogens with zero attached hydrogens (tertiary/aromatic N) is 3. The minimum atomic E-state index is -0.729. The molecular formula is C20H20N4O2. The molecule has 6 heteroatoms. The van der Waals surface area contributed by atoms with Gasteiger partial charge in [-0.1, -0.05) is 42.5 Å². The summed E-state index contributed by atoms with van der Waals surface area (Å²) < 4.78 is 0. The molecule has 2 heterocycles. The van der Waals surface area contributed by atoms with Gasteiger partial charge in [0.05, 0.1) is 17.8 Å². The van der Waals surface area contributed by atoms with Gasteiger partial charge in [0.15, 0.2) is 11.6 Å². The lowest BCUT2D eigenvalue weighted by molar-refractivity contribution is -0.142. The number of carboxylic acids is 1. The lowest BCUT2D eigenvalue weighted by Gasteiger charge is -2.31. The van der Waals surface area contributed by atoms with Crippen molar-refractivity contribution in [1.29, 1.82) is 0 Å². The Kier molecular flexibility index (Phi) is 4.16. The van der Waals surface area contributed by atoms with Crippen molar-refractivity contribution in [2.75, 3.05) is 23.7 Å². The Balaban J connectivity index is 1.70. The average Bonchev–Trinajstić information content (AvgIpc) is 2.68. The molecule has 3 N–H and O–H groups in total. The highest BCUT2D eigenvalue weighted by molar-refractivity contribution is 5.95. The highest BCUT2D eigenvalue weighted by Crippen LogP contribution is 2.31. The van der Waals surface area contributed by atoms with Crippen LogP contribution in [0.25, 0.3) is 22.0 Å². The number of hydrogen-bond acceptors (Lipinski definition) is 5. The number of carbonyl (C=O) groups is 1. The molecule has 1 aromatic heterocycles. The SMILES string of the molecule is Nc1ncc(-c2cccc3ccccc23)nc1N1CCC(C(=O)O)CC1. The number of carboxylic acid groups (broad SMARTS) is 1. The predicted octanol–water partition coefficient (Wildman–Crippen LogP) is 3.18. The van der Waals surface area contributed by atoms with Gasteiger partial charge in [-0.3, -0.25) is 4.79 Å². The highest BCUT2D eigenvalue weighted by atomic mass is 16.4. The van der Waals surface area contributed by atoms with Crippen LogP contribution in [0.1, 0.15) is 12.8 Å². The minimum Gasteiger partial charge on any atom is -0.481 e. The van der Waals surface area contributed by atoms with Crippen LogP contribution in [-0.4, -0.2) is 34.1 Å². The second kappa shape index (κ2) is 6.63. The van der Waals surface area contributed by atoms with E-state index in [4.69, 9.17) is 10.7 Å². The summed E-state index contributed by atoms with van der Waals surface area (Å²) in [5.41, 5.74) is 7.85. The number of benzene rings is 2. The van der Waals surface area contributed by atoms with Crippen LogP contribution in [-0.2, 0) is 4.79 Å². The number of fused-ring (bicyclic) bond motifs is 1. The Bertz CT molecular complexity index is 960. The van der Waals surface area contributed by atoms with Gasteiger partial charge in [-0.2, -0.15) is 0 Å². The maximum absolute atomic E-state index is 11.2. The predicted molar refractivity (Wildman–Crippen MR) is 102 cm³/mol. The highest BCUT2D eigenvalue weighted by Gasteiger charge is 2.26. The monoisotopic (exact) mass is 348 g/mol. The molecule has 0 atom stereocenters. The fraction of sp³-hybridized carbons (Fsp3) is 0.250.